The second kappa shape index (κ2) is 8.49. The molecule has 7 heteroatoms. The van der Waals surface area contributed by atoms with Gasteiger partial charge in [-0.1, -0.05) is 65.3 Å². The lowest BCUT2D eigenvalue weighted by molar-refractivity contribution is -0.149. The third-order valence-electron chi connectivity index (χ3n) is 4.85. The molecule has 1 atom stereocenters. The van der Waals surface area contributed by atoms with Crippen LogP contribution in [0.4, 0.5) is 0 Å². The summed E-state index contributed by atoms with van der Waals surface area (Å²) in [6.07, 6.45) is 0.136. The number of amides is 1. The number of rotatable bonds is 6. The average molecular weight is 411 g/mol. The molecule has 29 heavy (non-hydrogen) atoms. The highest BCUT2D eigenvalue weighted by atomic mass is 35.5. The van der Waals surface area contributed by atoms with Crippen molar-refractivity contribution >= 4 is 23.5 Å². The van der Waals surface area contributed by atoms with Gasteiger partial charge in [-0.25, -0.2) is 0 Å². The molecule has 1 aliphatic rings. The van der Waals surface area contributed by atoms with E-state index in [1.54, 1.807) is 17.0 Å². The van der Waals surface area contributed by atoms with Gasteiger partial charge in [0.1, 0.15) is 12.3 Å². The first-order chi connectivity index (χ1) is 14.1. The van der Waals surface area contributed by atoms with Gasteiger partial charge in [-0.2, -0.15) is 0 Å². The standard InChI is InChI=1S/C22H19ClN2O4/c23-19-9-5-4-8-16(19)12-25-13-17(10-21(25)26)22(27)28-14-18-11-20(29-24-18)15-6-2-1-3-7-15/h1-9,11,17H,10,12-14H2/t17-/m1/s1. The van der Waals surface area contributed by atoms with Crippen LogP contribution in [0.2, 0.25) is 5.02 Å². The molecule has 148 valence electrons. The zero-order valence-corrected chi connectivity index (χ0v) is 16.3. The molecule has 2 heterocycles. The van der Waals surface area contributed by atoms with Crippen LogP contribution in [0, 0.1) is 5.92 Å². The minimum Gasteiger partial charge on any atom is -0.459 e. The number of halogens is 1. The van der Waals surface area contributed by atoms with E-state index in [9.17, 15) is 9.59 Å². The zero-order chi connectivity index (χ0) is 20.2. The van der Waals surface area contributed by atoms with Gasteiger partial charge in [-0.15, -0.1) is 0 Å². The van der Waals surface area contributed by atoms with Crippen LogP contribution in [-0.4, -0.2) is 28.5 Å². The third-order valence-corrected chi connectivity index (χ3v) is 5.22. The van der Waals surface area contributed by atoms with E-state index in [2.05, 4.69) is 5.16 Å². The Balaban J connectivity index is 1.32. The highest BCUT2D eigenvalue weighted by molar-refractivity contribution is 6.31. The summed E-state index contributed by atoms with van der Waals surface area (Å²) < 4.78 is 10.7. The first-order valence-electron chi connectivity index (χ1n) is 9.29. The molecule has 3 aromatic rings. The van der Waals surface area contributed by atoms with Crippen LogP contribution in [0.5, 0.6) is 0 Å². The molecule has 1 fully saturated rings. The van der Waals surface area contributed by atoms with Crippen LogP contribution in [0.25, 0.3) is 11.3 Å². The van der Waals surface area contributed by atoms with Crippen molar-refractivity contribution in [1.29, 1.82) is 0 Å². The molecular formula is C22H19ClN2O4. The highest BCUT2D eigenvalue weighted by Crippen LogP contribution is 2.25. The largest absolute Gasteiger partial charge is 0.459 e. The lowest BCUT2D eigenvalue weighted by Crippen LogP contribution is -2.26. The number of carbonyl (C=O) groups excluding carboxylic acids is 2. The number of aromatic nitrogens is 1. The van der Waals surface area contributed by atoms with Gasteiger partial charge < -0.3 is 14.2 Å². The van der Waals surface area contributed by atoms with Crippen molar-refractivity contribution in [3.8, 4) is 11.3 Å². The van der Waals surface area contributed by atoms with Crippen LogP contribution in [0.15, 0.2) is 65.2 Å². The number of carbonyl (C=O) groups is 2. The van der Waals surface area contributed by atoms with E-state index in [-0.39, 0.29) is 18.9 Å². The molecule has 0 unspecified atom stereocenters. The van der Waals surface area contributed by atoms with E-state index in [4.69, 9.17) is 20.9 Å². The van der Waals surface area contributed by atoms with Crippen LogP contribution < -0.4 is 0 Å². The van der Waals surface area contributed by atoms with Crippen molar-refractivity contribution in [2.45, 2.75) is 19.6 Å². The van der Waals surface area contributed by atoms with Gasteiger partial charge >= 0.3 is 5.97 Å². The van der Waals surface area contributed by atoms with Gasteiger partial charge in [0.2, 0.25) is 5.91 Å². The van der Waals surface area contributed by atoms with E-state index in [0.717, 1.165) is 11.1 Å². The molecule has 0 aliphatic carbocycles. The van der Waals surface area contributed by atoms with Crippen molar-refractivity contribution in [2.75, 3.05) is 6.54 Å². The summed E-state index contributed by atoms with van der Waals surface area (Å²) in [5.41, 5.74) is 2.27. The van der Waals surface area contributed by atoms with Crippen molar-refractivity contribution in [1.82, 2.24) is 10.1 Å². The molecule has 0 bridgehead atoms. The monoisotopic (exact) mass is 410 g/mol. The molecule has 4 rings (SSSR count). The molecule has 0 N–H and O–H groups in total. The smallest absolute Gasteiger partial charge is 0.311 e. The number of nitrogens with zero attached hydrogens (tertiary/aromatic N) is 2. The molecule has 1 amide bonds. The maximum absolute atomic E-state index is 12.4. The number of benzene rings is 2. The van der Waals surface area contributed by atoms with Crippen molar-refractivity contribution in [3.63, 3.8) is 0 Å². The summed E-state index contributed by atoms with van der Waals surface area (Å²) in [4.78, 5) is 26.3. The molecular weight excluding hydrogens is 392 g/mol. The first kappa shape index (κ1) is 19.2. The molecule has 6 nitrogen and oxygen atoms in total. The molecule has 0 radical (unpaired) electrons. The van der Waals surface area contributed by atoms with E-state index in [1.165, 1.54) is 0 Å². The zero-order valence-electron chi connectivity index (χ0n) is 15.6. The van der Waals surface area contributed by atoms with Gasteiger partial charge in [0.05, 0.1) is 5.92 Å². The molecule has 0 spiro atoms. The predicted octanol–water partition coefficient (Wildman–Crippen LogP) is 4.09. The third kappa shape index (κ3) is 4.49. The average Bonchev–Trinajstić information content (AvgIpc) is 3.36. The Bertz CT molecular complexity index is 1020. The summed E-state index contributed by atoms with van der Waals surface area (Å²) in [6.45, 7) is 0.702. The Hall–Kier alpha value is -3.12. The predicted molar refractivity (Wildman–Crippen MR) is 107 cm³/mol. The number of ether oxygens (including phenoxy) is 1. The fourth-order valence-electron chi connectivity index (χ4n) is 3.30. The van der Waals surface area contributed by atoms with Crippen molar-refractivity contribution in [2.24, 2.45) is 5.92 Å². The number of hydrogen-bond donors (Lipinski definition) is 0. The normalized spacial score (nSPS) is 16.2. The second-order valence-electron chi connectivity index (χ2n) is 6.92. The van der Waals surface area contributed by atoms with E-state index < -0.39 is 11.9 Å². The second-order valence-corrected chi connectivity index (χ2v) is 7.33. The van der Waals surface area contributed by atoms with Crippen molar-refractivity contribution < 1.29 is 18.8 Å². The van der Waals surface area contributed by atoms with Gasteiger partial charge in [0, 0.05) is 36.2 Å². The van der Waals surface area contributed by atoms with Crippen LogP contribution in [0.3, 0.4) is 0 Å². The van der Waals surface area contributed by atoms with Crippen LogP contribution >= 0.6 is 11.6 Å². The highest BCUT2D eigenvalue weighted by Gasteiger charge is 2.35. The van der Waals surface area contributed by atoms with Gasteiger partial charge in [0.25, 0.3) is 0 Å². The SMILES string of the molecule is O=C(OCc1cc(-c2ccccc2)on1)[C@@H]1CC(=O)N(Cc2ccccc2Cl)C1. The minimum absolute atomic E-state index is 0.00434. The number of esters is 1. The first-order valence-corrected chi connectivity index (χ1v) is 9.67. The summed E-state index contributed by atoms with van der Waals surface area (Å²) in [7, 11) is 0. The molecule has 1 aromatic heterocycles. The minimum atomic E-state index is -0.495. The lowest BCUT2D eigenvalue weighted by atomic mass is 10.1. The Kier molecular flexibility index (Phi) is 5.62. The summed E-state index contributed by atoms with van der Waals surface area (Å²) >= 11 is 6.17. The fourth-order valence-corrected chi connectivity index (χ4v) is 3.49. The van der Waals surface area contributed by atoms with Crippen LogP contribution in [0.1, 0.15) is 17.7 Å². The molecule has 1 aliphatic heterocycles. The van der Waals surface area contributed by atoms with Crippen molar-refractivity contribution in [3.05, 3.63) is 76.9 Å². The van der Waals surface area contributed by atoms with E-state index in [0.29, 0.717) is 29.6 Å². The lowest BCUT2D eigenvalue weighted by Gasteiger charge is -2.17. The molecule has 0 saturated carbocycles. The maximum atomic E-state index is 12.4. The van der Waals surface area contributed by atoms with Gasteiger partial charge in [-0.3, -0.25) is 9.59 Å². The maximum Gasteiger partial charge on any atom is 0.311 e. The van der Waals surface area contributed by atoms with Gasteiger partial charge in [-0.05, 0) is 11.6 Å². The molecule has 1 saturated heterocycles. The Labute approximate surface area is 173 Å². The molecule has 2 aromatic carbocycles. The van der Waals surface area contributed by atoms with Crippen LogP contribution in [-0.2, 0) is 27.5 Å². The topological polar surface area (TPSA) is 72.6 Å². The Morgan fingerprint density at radius 2 is 1.93 bits per heavy atom. The summed E-state index contributed by atoms with van der Waals surface area (Å²) in [5.74, 6) is -0.381. The summed E-state index contributed by atoms with van der Waals surface area (Å²) in [5, 5.41) is 4.55. The number of likely N-dealkylation sites (tertiary alicyclic amines) is 1. The Morgan fingerprint density at radius 1 is 1.17 bits per heavy atom. The fraction of sp³-hybridized carbons (Fsp3) is 0.227. The van der Waals surface area contributed by atoms with Gasteiger partial charge in [0.15, 0.2) is 5.76 Å². The van der Waals surface area contributed by atoms with E-state index in [1.807, 2.05) is 48.5 Å². The quantitative estimate of drug-likeness (QED) is 0.572. The summed E-state index contributed by atoms with van der Waals surface area (Å²) in [6, 6.07) is 18.7. The number of hydrogen-bond acceptors (Lipinski definition) is 5. The van der Waals surface area contributed by atoms with E-state index >= 15 is 0 Å². The Morgan fingerprint density at radius 3 is 2.72 bits per heavy atom.